The minimum Gasteiger partial charge on any atom is -0.605 e. The van der Waals surface area contributed by atoms with Gasteiger partial charge in [0.05, 0.1) is 10.8 Å². The van der Waals surface area contributed by atoms with E-state index in [9.17, 15) is 4.55 Å². The predicted molar refractivity (Wildman–Crippen MR) is 43.9 cm³/mol. The summed E-state index contributed by atoms with van der Waals surface area (Å²) >= 11 is 0. The van der Waals surface area contributed by atoms with E-state index >= 15 is 0 Å². The minimum absolute atomic E-state index is 0.562. The lowest BCUT2D eigenvalue weighted by atomic mass is 10.1. The SMILES string of the molecule is CC1CCS[S+]([O-])CC1. The van der Waals surface area contributed by atoms with Gasteiger partial charge in [-0.05, 0) is 18.8 Å². The Labute approximate surface area is 63.2 Å². The van der Waals surface area contributed by atoms with E-state index in [1.54, 1.807) is 10.8 Å². The first kappa shape index (κ1) is 7.76. The van der Waals surface area contributed by atoms with Crippen molar-refractivity contribution in [1.29, 1.82) is 0 Å². The number of hydrogen-bond acceptors (Lipinski definition) is 2. The quantitative estimate of drug-likeness (QED) is 0.402. The molecular formula is C6H12OS2. The molecule has 0 amide bonds. The van der Waals surface area contributed by atoms with E-state index in [4.69, 9.17) is 0 Å². The molecule has 0 aromatic heterocycles. The van der Waals surface area contributed by atoms with Gasteiger partial charge in [0.1, 0.15) is 5.75 Å². The summed E-state index contributed by atoms with van der Waals surface area (Å²) in [5, 5.41) is 0. The van der Waals surface area contributed by atoms with Crippen LogP contribution in [0.4, 0.5) is 0 Å². The van der Waals surface area contributed by atoms with E-state index in [1.807, 2.05) is 0 Å². The van der Waals surface area contributed by atoms with Crippen molar-refractivity contribution in [2.24, 2.45) is 5.92 Å². The Kier molecular flexibility index (Phi) is 3.22. The highest BCUT2D eigenvalue weighted by atomic mass is 33.1. The molecule has 1 aliphatic rings. The van der Waals surface area contributed by atoms with Gasteiger partial charge < -0.3 is 4.55 Å². The molecule has 1 nitrogen and oxygen atoms in total. The first-order chi connectivity index (χ1) is 4.29. The third kappa shape index (κ3) is 2.83. The van der Waals surface area contributed by atoms with Crippen LogP contribution in [0, 0.1) is 5.92 Å². The molecule has 1 fully saturated rings. The zero-order valence-electron chi connectivity index (χ0n) is 5.63. The summed E-state index contributed by atoms with van der Waals surface area (Å²) in [6.07, 6.45) is 2.40. The van der Waals surface area contributed by atoms with Crippen molar-refractivity contribution in [2.75, 3.05) is 11.5 Å². The van der Waals surface area contributed by atoms with Gasteiger partial charge in [0, 0.05) is 16.0 Å². The molecule has 2 atom stereocenters. The van der Waals surface area contributed by atoms with Crippen LogP contribution in [0.5, 0.6) is 0 Å². The molecule has 3 heteroatoms. The van der Waals surface area contributed by atoms with E-state index in [1.165, 1.54) is 6.42 Å². The summed E-state index contributed by atoms with van der Waals surface area (Å²) in [5.41, 5.74) is 0. The average Bonchev–Trinajstić information content (AvgIpc) is 1.97. The van der Waals surface area contributed by atoms with Crippen LogP contribution in [0.15, 0.2) is 0 Å². The number of hydrogen-bond donors (Lipinski definition) is 0. The first-order valence-corrected chi connectivity index (χ1v) is 6.13. The molecule has 9 heavy (non-hydrogen) atoms. The Balaban J connectivity index is 2.25. The first-order valence-electron chi connectivity index (χ1n) is 3.30. The van der Waals surface area contributed by atoms with E-state index < -0.39 is 10.2 Å². The second-order valence-corrected chi connectivity index (χ2v) is 5.99. The summed E-state index contributed by atoms with van der Waals surface area (Å²) in [7, 11) is 1.05. The third-order valence-corrected chi connectivity index (χ3v) is 4.63. The van der Waals surface area contributed by atoms with Crippen molar-refractivity contribution in [1.82, 2.24) is 0 Å². The maximum Gasteiger partial charge on any atom is 0.118 e. The Bertz CT molecular complexity index is 77.1. The van der Waals surface area contributed by atoms with Crippen LogP contribution in [0.1, 0.15) is 19.8 Å². The van der Waals surface area contributed by atoms with Gasteiger partial charge in [-0.1, -0.05) is 6.92 Å². The molecule has 0 aromatic rings. The molecule has 1 rings (SSSR count). The molecule has 0 bridgehead atoms. The van der Waals surface area contributed by atoms with Gasteiger partial charge >= 0.3 is 0 Å². The molecule has 0 saturated carbocycles. The van der Waals surface area contributed by atoms with E-state index in [0.717, 1.165) is 23.8 Å². The summed E-state index contributed by atoms with van der Waals surface area (Å²) in [6, 6.07) is 0. The molecule has 2 unspecified atom stereocenters. The van der Waals surface area contributed by atoms with Crippen LogP contribution in [0.2, 0.25) is 0 Å². The molecule has 1 heterocycles. The summed E-state index contributed by atoms with van der Waals surface area (Å²) in [5.74, 6) is 2.79. The lowest BCUT2D eigenvalue weighted by Gasteiger charge is -2.03. The predicted octanol–water partition coefficient (Wildman–Crippen LogP) is 1.81. The maximum absolute atomic E-state index is 10.9. The topological polar surface area (TPSA) is 23.1 Å². The molecule has 0 spiro atoms. The van der Waals surface area contributed by atoms with Gasteiger partial charge in [0.25, 0.3) is 0 Å². The molecule has 0 radical (unpaired) electrons. The molecule has 1 saturated heterocycles. The van der Waals surface area contributed by atoms with E-state index in [-0.39, 0.29) is 0 Å². The van der Waals surface area contributed by atoms with Crippen molar-refractivity contribution < 1.29 is 4.55 Å². The van der Waals surface area contributed by atoms with Crippen LogP contribution in [-0.2, 0) is 10.2 Å². The second kappa shape index (κ2) is 3.74. The lowest BCUT2D eigenvalue weighted by molar-refractivity contribution is 0.545. The van der Waals surface area contributed by atoms with Crippen molar-refractivity contribution in [3.63, 3.8) is 0 Å². The fourth-order valence-electron chi connectivity index (χ4n) is 0.843. The third-order valence-electron chi connectivity index (χ3n) is 1.60. The minimum atomic E-state index is -0.562. The van der Waals surface area contributed by atoms with E-state index in [2.05, 4.69) is 6.92 Å². The fourth-order valence-corrected chi connectivity index (χ4v) is 3.73. The molecule has 0 aromatic carbocycles. The maximum atomic E-state index is 10.9. The van der Waals surface area contributed by atoms with Crippen molar-refractivity contribution in [3.05, 3.63) is 0 Å². The standard InChI is InChI=1S/C6H12OS2/c1-6-2-4-8-9(7)5-3-6/h6H,2-5H2,1H3. The lowest BCUT2D eigenvalue weighted by Crippen LogP contribution is -2.00. The van der Waals surface area contributed by atoms with Crippen LogP contribution in [-0.4, -0.2) is 16.1 Å². The van der Waals surface area contributed by atoms with Crippen LogP contribution in [0.3, 0.4) is 0 Å². The molecule has 0 N–H and O–H groups in total. The second-order valence-electron chi connectivity index (χ2n) is 2.51. The largest absolute Gasteiger partial charge is 0.605 e. The Hall–Kier alpha value is 0.660. The van der Waals surface area contributed by atoms with Gasteiger partial charge in [-0.15, -0.1) is 0 Å². The van der Waals surface area contributed by atoms with Crippen LogP contribution >= 0.6 is 10.8 Å². The molecule has 0 aliphatic carbocycles. The Morgan fingerprint density at radius 2 is 2.33 bits per heavy atom. The summed E-state index contributed by atoms with van der Waals surface area (Å²) in [4.78, 5) is 0. The van der Waals surface area contributed by atoms with Crippen molar-refractivity contribution >= 4 is 21.0 Å². The van der Waals surface area contributed by atoms with Crippen molar-refractivity contribution in [2.45, 2.75) is 19.8 Å². The van der Waals surface area contributed by atoms with Crippen LogP contribution < -0.4 is 0 Å². The zero-order chi connectivity index (χ0) is 6.69. The van der Waals surface area contributed by atoms with Gasteiger partial charge in [-0.3, -0.25) is 0 Å². The van der Waals surface area contributed by atoms with Gasteiger partial charge in [-0.25, -0.2) is 0 Å². The monoisotopic (exact) mass is 164 g/mol. The highest BCUT2D eigenvalue weighted by Crippen LogP contribution is 2.24. The van der Waals surface area contributed by atoms with E-state index in [0.29, 0.717) is 0 Å². The average molecular weight is 164 g/mol. The molecule has 1 aliphatic heterocycles. The summed E-state index contributed by atoms with van der Waals surface area (Å²) in [6.45, 7) is 2.24. The highest BCUT2D eigenvalue weighted by molar-refractivity contribution is 8.72. The molecular weight excluding hydrogens is 152 g/mol. The Morgan fingerprint density at radius 3 is 3.11 bits per heavy atom. The smallest absolute Gasteiger partial charge is 0.118 e. The highest BCUT2D eigenvalue weighted by Gasteiger charge is 2.16. The number of rotatable bonds is 0. The van der Waals surface area contributed by atoms with Gasteiger partial charge in [0.15, 0.2) is 0 Å². The van der Waals surface area contributed by atoms with Crippen molar-refractivity contribution in [3.8, 4) is 0 Å². The summed E-state index contributed by atoms with van der Waals surface area (Å²) < 4.78 is 10.9. The molecule has 54 valence electrons. The van der Waals surface area contributed by atoms with Gasteiger partial charge in [-0.2, -0.15) is 0 Å². The normalized spacial score (nSPS) is 38.0. The Morgan fingerprint density at radius 1 is 1.56 bits per heavy atom. The van der Waals surface area contributed by atoms with Crippen LogP contribution in [0.25, 0.3) is 0 Å². The fraction of sp³-hybridized carbons (Fsp3) is 1.00. The zero-order valence-corrected chi connectivity index (χ0v) is 7.26. The van der Waals surface area contributed by atoms with Gasteiger partial charge in [0.2, 0.25) is 0 Å².